The number of alkyl halides is 3. The molecule has 12 heteroatoms. The van der Waals surface area contributed by atoms with E-state index < -0.39 is 17.6 Å². The number of aromatic nitrogens is 2. The number of piperazine rings is 1. The molecule has 1 aromatic heterocycles. The van der Waals surface area contributed by atoms with Gasteiger partial charge >= 0.3 is 6.18 Å². The monoisotopic (exact) mass is 648 g/mol. The molecule has 0 atom stereocenters. The lowest BCUT2D eigenvalue weighted by Crippen LogP contribution is -2.45. The third-order valence-corrected chi connectivity index (χ3v) is 8.11. The van der Waals surface area contributed by atoms with Gasteiger partial charge in [-0.2, -0.15) is 18.2 Å². The Labute approximate surface area is 271 Å². The number of nitrogens with one attached hydrogen (secondary N) is 1. The third kappa shape index (κ3) is 8.50. The molecule has 4 aromatic rings. The van der Waals surface area contributed by atoms with Gasteiger partial charge in [0.1, 0.15) is 17.4 Å². The maximum atomic E-state index is 13.7. The SMILES string of the molecule is CCC(=O)c1cc(Nc2nccc(N(C)c3ccc(CC(=O)Cc4cc(F)cc(C(F)(F)F)c4)cc3)n2)ccc1N1CCN(C)CC1. The van der Waals surface area contributed by atoms with Crippen molar-refractivity contribution < 1.29 is 27.2 Å². The van der Waals surface area contributed by atoms with E-state index in [0.717, 1.165) is 49.7 Å². The highest BCUT2D eigenvalue weighted by molar-refractivity contribution is 6.02. The van der Waals surface area contributed by atoms with Gasteiger partial charge < -0.3 is 20.0 Å². The second kappa shape index (κ2) is 14.3. The Hall–Kier alpha value is -4.84. The molecule has 0 radical (unpaired) electrons. The van der Waals surface area contributed by atoms with Crippen LogP contribution in [0.1, 0.15) is 40.4 Å². The molecule has 1 aliphatic heterocycles. The van der Waals surface area contributed by atoms with E-state index in [1.54, 1.807) is 24.4 Å². The van der Waals surface area contributed by atoms with Crippen molar-refractivity contribution in [3.05, 3.63) is 101 Å². The molecular formula is C35H36F4N6O2. The molecular weight excluding hydrogens is 612 g/mol. The first-order chi connectivity index (χ1) is 22.4. The van der Waals surface area contributed by atoms with Crippen molar-refractivity contribution in [1.82, 2.24) is 14.9 Å². The second-order valence-electron chi connectivity index (χ2n) is 11.6. The van der Waals surface area contributed by atoms with Gasteiger partial charge in [-0.3, -0.25) is 9.59 Å². The number of nitrogens with zero attached hydrogens (tertiary/aromatic N) is 5. The number of hydrogen-bond donors (Lipinski definition) is 1. The number of likely N-dealkylation sites (N-methyl/N-ethyl adjacent to an activating group) is 1. The summed E-state index contributed by atoms with van der Waals surface area (Å²) in [6.07, 6.45) is -3.01. The van der Waals surface area contributed by atoms with Crippen LogP contribution in [0.2, 0.25) is 0 Å². The van der Waals surface area contributed by atoms with Gasteiger partial charge in [-0.25, -0.2) is 9.37 Å². The van der Waals surface area contributed by atoms with Crippen molar-refractivity contribution in [2.45, 2.75) is 32.4 Å². The fourth-order valence-electron chi connectivity index (χ4n) is 5.48. The number of halogens is 4. The summed E-state index contributed by atoms with van der Waals surface area (Å²) in [4.78, 5) is 40.9. The highest BCUT2D eigenvalue weighted by Crippen LogP contribution is 2.31. The number of Topliss-reactive ketones (excluding diaryl/α,β-unsaturated/α-hetero) is 2. The average molecular weight is 649 g/mol. The predicted octanol–water partition coefficient (Wildman–Crippen LogP) is 6.84. The van der Waals surface area contributed by atoms with E-state index in [-0.39, 0.29) is 30.0 Å². The standard InChI is InChI=1S/C35H36F4N6O2/c1-4-32(47)30-22-27(7-10-31(30)45-15-13-43(2)14-16-45)41-34-40-12-11-33(42-34)44(3)28-8-5-23(6-9-28)19-29(46)20-24-17-25(35(37,38)39)21-26(36)18-24/h5-12,17-18,21-22H,4,13-16,19-20H2,1-3H3,(H,40,41,42). The summed E-state index contributed by atoms with van der Waals surface area (Å²) in [5, 5.41) is 3.22. The number of rotatable bonds is 11. The molecule has 1 saturated heterocycles. The lowest BCUT2D eigenvalue weighted by Gasteiger charge is -2.35. The highest BCUT2D eigenvalue weighted by atomic mass is 19.4. The summed E-state index contributed by atoms with van der Waals surface area (Å²) < 4.78 is 52.8. The Balaban J connectivity index is 1.24. The molecule has 0 unspecified atom stereocenters. The quantitative estimate of drug-likeness (QED) is 0.140. The first-order valence-electron chi connectivity index (χ1n) is 15.3. The van der Waals surface area contributed by atoms with Gasteiger partial charge in [0.25, 0.3) is 0 Å². The molecule has 0 bridgehead atoms. The molecule has 47 heavy (non-hydrogen) atoms. The maximum Gasteiger partial charge on any atom is 0.416 e. The third-order valence-electron chi connectivity index (χ3n) is 8.11. The van der Waals surface area contributed by atoms with E-state index in [1.807, 2.05) is 49.2 Å². The van der Waals surface area contributed by atoms with Gasteiger partial charge in [0.15, 0.2) is 5.78 Å². The highest BCUT2D eigenvalue weighted by Gasteiger charge is 2.31. The first-order valence-corrected chi connectivity index (χ1v) is 15.3. The fourth-order valence-corrected chi connectivity index (χ4v) is 5.48. The number of hydrogen-bond acceptors (Lipinski definition) is 8. The Morgan fingerprint density at radius 2 is 1.62 bits per heavy atom. The van der Waals surface area contributed by atoms with Crippen LogP contribution in [0.4, 0.5) is 46.4 Å². The molecule has 246 valence electrons. The van der Waals surface area contributed by atoms with Crippen LogP contribution < -0.4 is 15.1 Å². The zero-order chi connectivity index (χ0) is 33.7. The Kier molecular flexibility index (Phi) is 10.2. The summed E-state index contributed by atoms with van der Waals surface area (Å²) in [5.74, 6) is -0.362. The van der Waals surface area contributed by atoms with Crippen LogP contribution in [-0.2, 0) is 23.8 Å². The summed E-state index contributed by atoms with van der Waals surface area (Å²) in [5.41, 5.74) is 2.59. The molecule has 1 aliphatic rings. The summed E-state index contributed by atoms with van der Waals surface area (Å²) in [7, 11) is 3.92. The van der Waals surface area contributed by atoms with Crippen LogP contribution in [-0.4, -0.2) is 66.7 Å². The molecule has 0 saturated carbocycles. The van der Waals surface area contributed by atoms with Crippen LogP contribution in [0, 0.1) is 5.82 Å². The summed E-state index contributed by atoms with van der Waals surface area (Å²) in [6, 6.07) is 16.8. The minimum absolute atomic E-state index is 0.0143. The zero-order valence-electron chi connectivity index (χ0n) is 26.4. The first kappa shape index (κ1) is 33.5. The van der Waals surface area contributed by atoms with Crippen LogP contribution in [0.5, 0.6) is 0 Å². The van der Waals surface area contributed by atoms with Crippen LogP contribution in [0.3, 0.4) is 0 Å². The van der Waals surface area contributed by atoms with Gasteiger partial charge in [0.2, 0.25) is 5.95 Å². The summed E-state index contributed by atoms with van der Waals surface area (Å²) >= 11 is 0. The van der Waals surface area contributed by atoms with Crippen LogP contribution in [0.15, 0.2) is 72.9 Å². The Bertz CT molecular complexity index is 1740. The maximum absolute atomic E-state index is 13.7. The van der Waals surface area contributed by atoms with E-state index in [1.165, 1.54) is 0 Å². The minimum atomic E-state index is -4.70. The topological polar surface area (TPSA) is 81.7 Å². The number of carbonyl (C=O) groups is 2. The van der Waals surface area contributed by atoms with Crippen molar-refractivity contribution in [2.24, 2.45) is 0 Å². The molecule has 3 aromatic carbocycles. The van der Waals surface area contributed by atoms with Gasteiger partial charge in [-0.05, 0) is 72.8 Å². The molecule has 5 rings (SSSR count). The number of anilines is 5. The van der Waals surface area contributed by atoms with E-state index in [2.05, 4.69) is 32.1 Å². The van der Waals surface area contributed by atoms with Gasteiger partial charge in [0, 0.05) is 81.3 Å². The lowest BCUT2D eigenvalue weighted by molar-refractivity contribution is -0.138. The molecule has 0 spiro atoms. The summed E-state index contributed by atoms with van der Waals surface area (Å²) in [6.45, 7) is 5.42. The average Bonchev–Trinajstić information content (AvgIpc) is 3.04. The molecule has 8 nitrogen and oxygen atoms in total. The van der Waals surface area contributed by atoms with Crippen molar-refractivity contribution in [2.75, 3.05) is 55.4 Å². The smallest absolute Gasteiger partial charge is 0.368 e. The molecule has 1 fully saturated rings. The van der Waals surface area contributed by atoms with Crippen molar-refractivity contribution in [3.8, 4) is 0 Å². The van der Waals surface area contributed by atoms with Crippen molar-refractivity contribution >= 4 is 40.4 Å². The minimum Gasteiger partial charge on any atom is -0.368 e. The molecule has 1 N–H and O–H groups in total. The zero-order valence-corrected chi connectivity index (χ0v) is 26.4. The van der Waals surface area contributed by atoms with E-state index in [0.29, 0.717) is 41.1 Å². The number of ketones is 2. The van der Waals surface area contributed by atoms with E-state index in [9.17, 15) is 27.2 Å². The predicted molar refractivity (Wildman–Crippen MR) is 174 cm³/mol. The molecule has 0 amide bonds. The Morgan fingerprint density at radius 1 is 0.915 bits per heavy atom. The fraction of sp³-hybridized carbons (Fsp3) is 0.314. The van der Waals surface area contributed by atoms with Gasteiger partial charge in [-0.1, -0.05) is 19.1 Å². The lowest BCUT2D eigenvalue weighted by atomic mass is 10.0. The van der Waals surface area contributed by atoms with Crippen molar-refractivity contribution in [1.29, 1.82) is 0 Å². The number of benzene rings is 3. The molecule has 2 heterocycles. The van der Waals surface area contributed by atoms with Crippen LogP contribution >= 0.6 is 0 Å². The van der Waals surface area contributed by atoms with E-state index in [4.69, 9.17) is 0 Å². The van der Waals surface area contributed by atoms with Gasteiger partial charge in [0.05, 0.1) is 5.56 Å². The number of carbonyl (C=O) groups excluding carboxylic acids is 2. The van der Waals surface area contributed by atoms with Crippen molar-refractivity contribution in [3.63, 3.8) is 0 Å². The van der Waals surface area contributed by atoms with Crippen LogP contribution in [0.25, 0.3) is 0 Å². The normalized spacial score (nSPS) is 13.8. The van der Waals surface area contributed by atoms with E-state index >= 15 is 0 Å². The molecule has 0 aliphatic carbocycles. The largest absolute Gasteiger partial charge is 0.416 e. The van der Waals surface area contributed by atoms with Gasteiger partial charge in [-0.15, -0.1) is 0 Å². The Morgan fingerprint density at radius 3 is 2.30 bits per heavy atom. The second-order valence-corrected chi connectivity index (χ2v) is 11.6.